The van der Waals surface area contributed by atoms with Crippen molar-refractivity contribution in [3.63, 3.8) is 0 Å². The molecule has 1 fully saturated rings. The first-order valence-corrected chi connectivity index (χ1v) is 7.09. The highest BCUT2D eigenvalue weighted by molar-refractivity contribution is 9.11. The van der Waals surface area contributed by atoms with Crippen molar-refractivity contribution in [3.05, 3.63) is 20.8 Å². The summed E-state index contributed by atoms with van der Waals surface area (Å²) < 4.78 is 6.11. The number of thiophene rings is 1. The Morgan fingerprint density at radius 1 is 1.59 bits per heavy atom. The molecule has 2 N–H and O–H groups in total. The van der Waals surface area contributed by atoms with E-state index in [4.69, 9.17) is 4.74 Å². The molecule has 2 heterocycles. The Morgan fingerprint density at radius 3 is 2.88 bits per heavy atom. The number of halogens is 1. The number of aliphatic hydroxyl groups is 1. The number of carbonyl (C=O) groups excluding carboxylic acids is 1. The van der Waals surface area contributed by atoms with Crippen molar-refractivity contribution in [2.75, 3.05) is 19.8 Å². The van der Waals surface area contributed by atoms with E-state index in [1.165, 1.54) is 11.3 Å². The summed E-state index contributed by atoms with van der Waals surface area (Å²) in [4.78, 5) is 11.8. The number of nitrogens with one attached hydrogen (secondary N) is 1. The molecule has 1 amide bonds. The zero-order valence-corrected chi connectivity index (χ0v) is 11.6. The van der Waals surface area contributed by atoms with E-state index < -0.39 is 5.60 Å². The van der Waals surface area contributed by atoms with Crippen LogP contribution in [0.15, 0.2) is 15.2 Å². The summed E-state index contributed by atoms with van der Waals surface area (Å²) in [5, 5.41) is 14.7. The quantitative estimate of drug-likeness (QED) is 0.893. The Kier molecular flexibility index (Phi) is 4.19. The van der Waals surface area contributed by atoms with Crippen molar-refractivity contribution in [1.82, 2.24) is 5.32 Å². The molecule has 1 aliphatic rings. The van der Waals surface area contributed by atoms with E-state index in [1.54, 1.807) is 11.4 Å². The molecule has 94 valence electrons. The first kappa shape index (κ1) is 13.0. The van der Waals surface area contributed by atoms with Gasteiger partial charge in [-0.2, -0.15) is 0 Å². The van der Waals surface area contributed by atoms with E-state index >= 15 is 0 Å². The lowest BCUT2D eigenvalue weighted by molar-refractivity contribution is -0.0605. The van der Waals surface area contributed by atoms with Crippen LogP contribution in [-0.2, 0) is 4.74 Å². The van der Waals surface area contributed by atoms with Crippen LogP contribution in [0.3, 0.4) is 0 Å². The molecule has 1 aromatic rings. The molecule has 0 radical (unpaired) electrons. The van der Waals surface area contributed by atoms with Gasteiger partial charge in [-0.3, -0.25) is 4.79 Å². The lowest BCUT2D eigenvalue weighted by Crippen LogP contribution is -2.46. The highest BCUT2D eigenvalue weighted by Gasteiger charge is 2.30. The topological polar surface area (TPSA) is 58.6 Å². The van der Waals surface area contributed by atoms with Gasteiger partial charge in [0.15, 0.2) is 0 Å². The second kappa shape index (κ2) is 5.48. The SMILES string of the molecule is O=C(NCC1(O)CCOCC1)c1csc(Br)c1. The average Bonchev–Trinajstić information content (AvgIpc) is 2.74. The fraction of sp³-hybridized carbons (Fsp3) is 0.545. The third kappa shape index (κ3) is 3.51. The molecule has 2 rings (SSSR count). The second-order valence-corrected chi connectivity index (χ2v) is 6.45. The van der Waals surface area contributed by atoms with Crippen molar-refractivity contribution in [1.29, 1.82) is 0 Å². The summed E-state index contributed by atoms with van der Waals surface area (Å²) >= 11 is 4.78. The summed E-state index contributed by atoms with van der Waals surface area (Å²) in [6.45, 7) is 1.38. The first-order valence-electron chi connectivity index (χ1n) is 5.41. The zero-order valence-electron chi connectivity index (χ0n) is 9.24. The minimum atomic E-state index is -0.818. The largest absolute Gasteiger partial charge is 0.388 e. The van der Waals surface area contributed by atoms with Crippen LogP contribution in [0, 0.1) is 0 Å². The predicted octanol–water partition coefficient (Wildman–Crippen LogP) is 1.78. The van der Waals surface area contributed by atoms with Gasteiger partial charge in [0.1, 0.15) is 0 Å². The van der Waals surface area contributed by atoms with Crippen molar-refractivity contribution < 1.29 is 14.6 Å². The fourth-order valence-corrected chi connectivity index (χ4v) is 2.84. The molecule has 1 saturated heterocycles. The molecule has 0 unspecified atom stereocenters. The number of hydrogen-bond acceptors (Lipinski definition) is 4. The molecule has 0 spiro atoms. The van der Waals surface area contributed by atoms with E-state index in [2.05, 4.69) is 21.2 Å². The molecule has 0 aromatic carbocycles. The Labute approximate surface area is 112 Å². The number of amides is 1. The van der Waals surface area contributed by atoms with Gasteiger partial charge in [0.2, 0.25) is 0 Å². The molecule has 1 aromatic heterocycles. The first-order chi connectivity index (χ1) is 8.09. The monoisotopic (exact) mass is 319 g/mol. The van der Waals surface area contributed by atoms with Gasteiger partial charge in [0.25, 0.3) is 5.91 Å². The van der Waals surface area contributed by atoms with Gasteiger partial charge in [-0.05, 0) is 22.0 Å². The van der Waals surface area contributed by atoms with E-state index in [-0.39, 0.29) is 12.5 Å². The van der Waals surface area contributed by atoms with Crippen molar-refractivity contribution in [2.45, 2.75) is 18.4 Å². The lowest BCUT2D eigenvalue weighted by atomic mass is 9.94. The van der Waals surface area contributed by atoms with Gasteiger partial charge < -0.3 is 15.2 Å². The summed E-state index contributed by atoms with van der Waals surface area (Å²) in [5.41, 5.74) is -0.196. The molecule has 0 atom stereocenters. The summed E-state index contributed by atoms with van der Waals surface area (Å²) in [6, 6.07) is 1.77. The van der Waals surface area contributed by atoms with Crippen LogP contribution in [-0.4, -0.2) is 36.4 Å². The molecular weight excluding hydrogens is 306 g/mol. The minimum absolute atomic E-state index is 0.146. The molecule has 4 nitrogen and oxygen atoms in total. The standard InChI is InChI=1S/C11H14BrNO3S/c12-9-5-8(6-17-9)10(14)13-7-11(15)1-3-16-4-2-11/h5-6,15H,1-4,7H2,(H,13,14). The van der Waals surface area contributed by atoms with E-state index in [0.29, 0.717) is 31.6 Å². The van der Waals surface area contributed by atoms with E-state index in [0.717, 1.165) is 3.79 Å². The van der Waals surface area contributed by atoms with Gasteiger partial charge in [-0.15, -0.1) is 11.3 Å². The molecule has 0 aliphatic carbocycles. The number of rotatable bonds is 3. The van der Waals surface area contributed by atoms with Gasteiger partial charge in [-0.1, -0.05) is 0 Å². The van der Waals surface area contributed by atoms with Crippen molar-refractivity contribution in [3.8, 4) is 0 Å². The highest BCUT2D eigenvalue weighted by atomic mass is 79.9. The molecule has 17 heavy (non-hydrogen) atoms. The second-order valence-electron chi connectivity index (χ2n) is 4.16. The van der Waals surface area contributed by atoms with Gasteiger partial charge in [0.05, 0.1) is 15.0 Å². The fourth-order valence-electron chi connectivity index (χ4n) is 1.70. The van der Waals surface area contributed by atoms with Crippen molar-refractivity contribution in [2.24, 2.45) is 0 Å². The normalized spacial score (nSPS) is 18.9. The zero-order chi connectivity index (χ0) is 12.3. The third-order valence-electron chi connectivity index (χ3n) is 2.83. The van der Waals surface area contributed by atoms with Crippen LogP contribution in [0.2, 0.25) is 0 Å². The molecule has 0 saturated carbocycles. The van der Waals surface area contributed by atoms with E-state index in [1.807, 2.05) is 0 Å². The number of carbonyl (C=O) groups is 1. The van der Waals surface area contributed by atoms with Crippen LogP contribution in [0.4, 0.5) is 0 Å². The van der Waals surface area contributed by atoms with Gasteiger partial charge >= 0.3 is 0 Å². The Balaban J connectivity index is 1.87. The maximum absolute atomic E-state index is 11.8. The average molecular weight is 320 g/mol. The van der Waals surface area contributed by atoms with Crippen LogP contribution < -0.4 is 5.32 Å². The molecular formula is C11H14BrNO3S. The highest BCUT2D eigenvalue weighted by Crippen LogP contribution is 2.22. The van der Waals surface area contributed by atoms with E-state index in [9.17, 15) is 9.90 Å². The molecule has 1 aliphatic heterocycles. The number of ether oxygens (including phenoxy) is 1. The van der Waals surface area contributed by atoms with Gasteiger partial charge in [-0.25, -0.2) is 0 Å². The summed E-state index contributed by atoms with van der Waals surface area (Å²) in [5.74, 6) is -0.146. The van der Waals surface area contributed by atoms with Gasteiger partial charge in [0, 0.05) is 38.0 Å². The smallest absolute Gasteiger partial charge is 0.252 e. The Hall–Kier alpha value is -0.430. The van der Waals surface area contributed by atoms with Crippen LogP contribution in [0.1, 0.15) is 23.2 Å². The molecule has 6 heteroatoms. The van der Waals surface area contributed by atoms with Crippen LogP contribution in [0.5, 0.6) is 0 Å². The maximum atomic E-state index is 11.8. The minimum Gasteiger partial charge on any atom is -0.388 e. The molecule has 0 bridgehead atoms. The van der Waals surface area contributed by atoms with Crippen molar-refractivity contribution >= 4 is 33.2 Å². The number of hydrogen-bond donors (Lipinski definition) is 2. The van der Waals surface area contributed by atoms with Crippen LogP contribution >= 0.6 is 27.3 Å². The lowest BCUT2D eigenvalue weighted by Gasteiger charge is -2.31. The Morgan fingerprint density at radius 2 is 2.29 bits per heavy atom. The maximum Gasteiger partial charge on any atom is 0.252 e. The summed E-state index contributed by atoms with van der Waals surface area (Å²) in [7, 11) is 0. The predicted molar refractivity (Wildman–Crippen MR) is 69.4 cm³/mol. The third-order valence-corrected chi connectivity index (χ3v) is 4.34. The summed E-state index contributed by atoms with van der Waals surface area (Å²) in [6.07, 6.45) is 1.14. The Bertz CT molecular complexity index is 401. The van der Waals surface area contributed by atoms with Crippen LogP contribution in [0.25, 0.3) is 0 Å².